The summed E-state index contributed by atoms with van der Waals surface area (Å²) >= 11 is 0. The monoisotopic (exact) mass is 612 g/mol. The van der Waals surface area contributed by atoms with Crippen LogP contribution < -0.4 is 16.1 Å². The van der Waals surface area contributed by atoms with Gasteiger partial charge in [-0.25, -0.2) is 0 Å². The van der Waals surface area contributed by atoms with Crippen LogP contribution in [0.3, 0.4) is 0 Å². The average Bonchev–Trinajstić information content (AvgIpc) is 3.05. The minimum atomic E-state index is -0.142. The van der Waals surface area contributed by atoms with Crippen LogP contribution in [-0.4, -0.2) is 7.85 Å². The summed E-state index contributed by atoms with van der Waals surface area (Å²) in [4.78, 5) is 2.52. The van der Waals surface area contributed by atoms with Crippen LogP contribution in [0.25, 0.3) is 27.8 Å². The molecule has 7 rings (SSSR count). The van der Waals surface area contributed by atoms with Gasteiger partial charge in [-0.15, -0.1) is 0 Å². The maximum atomic E-state index is 7.14. The zero-order valence-corrected chi connectivity index (χ0v) is 28.9. The Kier molecular flexibility index (Phi) is 7.55. The number of anilines is 4. The van der Waals surface area contributed by atoms with E-state index in [0.717, 1.165) is 29.7 Å². The van der Waals surface area contributed by atoms with E-state index in [9.17, 15) is 0 Å². The van der Waals surface area contributed by atoms with E-state index in [2.05, 4.69) is 170 Å². The third kappa shape index (κ3) is 5.23. The molecule has 5 aromatic carbocycles. The van der Waals surface area contributed by atoms with Crippen molar-refractivity contribution in [2.24, 2.45) is 0 Å². The first-order chi connectivity index (χ1) is 22.5. The molecule has 2 aliphatic rings. The Bertz CT molecular complexity index is 2080. The van der Waals surface area contributed by atoms with Gasteiger partial charge in [0.15, 0.2) is 0 Å². The van der Waals surface area contributed by atoms with Crippen LogP contribution in [0, 0.1) is 6.92 Å². The smallest absolute Gasteiger partial charge is 0.142 e. The van der Waals surface area contributed by atoms with Crippen molar-refractivity contribution in [1.29, 1.82) is 0 Å². The van der Waals surface area contributed by atoms with Crippen molar-refractivity contribution in [3.8, 4) is 22.3 Å². The molecule has 1 aliphatic carbocycles. The molecular weight excluding hydrogens is 567 g/mol. The fourth-order valence-electron chi connectivity index (χ4n) is 7.76. The number of nitrogen functional groups attached to an aromatic ring is 1. The van der Waals surface area contributed by atoms with Gasteiger partial charge in [0.05, 0.1) is 11.4 Å². The molecule has 0 atom stereocenters. The minimum absolute atomic E-state index is 0.0559. The van der Waals surface area contributed by atoms with Gasteiger partial charge in [0, 0.05) is 27.9 Å². The van der Waals surface area contributed by atoms with Crippen LogP contribution in [-0.2, 0) is 10.8 Å². The normalized spacial score (nSPS) is 15.2. The molecule has 2 N–H and O–H groups in total. The molecule has 0 aromatic heterocycles. The van der Waals surface area contributed by atoms with Crippen molar-refractivity contribution in [3.63, 3.8) is 0 Å². The maximum Gasteiger partial charge on any atom is 0.142 e. The fraction of sp³-hybridized carbons (Fsp3) is 0.227. The van der Waals surface area contributed by atoms with Gasteiger partial charge in [0.2, 0.25) is 0 Å². The topological polar surface area (TPSA) is 29.3 Å². The first kappa shape index (κ1) is 30.9. The lowest BCUT2D eigenvalue weighted by Gasteiger charge is -2.44. The highest BCUT2D eigenvalue weighted by Gasteiger charge is 2.38. The zero-order valence-electron chi connectivity index (χ0n) is 28.9. The molecule has 0 fully saturated rings. The van der Waals surface area contributed by atoms with E-state index < -0.39 is 0 Å². The molecule has 0 spiro atoms. The van der Waals surface area contributed by atoms with Crippen molar-refractivity contribution < 1.29 is 0 Å². The molecule has 47 heavy (non-hydrogen) atoms. The second kappa shape index (κ2) is 11.5. The van der Waals surface area contributed by atoms with Crippen molar-refractivity contribution in [2.75, 3.05) is 10.6 Å². The number of hydrogen-bond acceptors (Lipinski definition) is 2. The van der Waals surface area contributed by atoms with Gasteiger partial charge in [-0.3, -0.25) is 0 Å². The molecule has 0 bridgehead atoms. The van der Waals surface area contributed by atoms with Crippen LogP contribution in [0.15, 0.2) is 115 Å². The predicted octanol–water partition coefficient (Wildman–Crippen LogP) is 10.3. The van der Waals surface area contributed by atoms with Crippen LogP contribution in [0.2, 0.25) is 0 Å². The van der Waals surface area contributed by atoms with Gasteiger partial charge >= 0.3 is 0 Å². The van der Waals surface area contributed by atoms with Crippen LogP contribution in [0.4, 0.5) is 22.7 Å². The van der Waals surface area contributed by atoms with E-state index in [4.69, 9.17) is 5.73 Å². The van der Waals surface area contributed by atoms with E-state index in [1.807, 2.05) is 0 Å². The number of nitrogens with two attached hydrogens (primary N) is 1. The Morgan fingerprint density at radius 2 is 1.47 bits per heavy atom. The number of fused-ring (bicyclic) bond motifs is 2. The van der Waals surface area contributed by atoms with Crippen LogP contribution >= 0.6 is 0 Å². The second-order valence-corrected chi connectivity index (χ2v) is 14.9. The lowest BCUT2D eigenvalue weighted by Crippen LogP contribution is -2.34. The molecule has 3 heteroatoms. The standard InChI is InChI=1S/C44H45BN2/c1-28-24-33(32-26-31(29-16-9-7-10-17-29)36(27-38(32)46)43(2,3)4)41(30-18-11-8-12-19-30)40(25-28)47-39-23-14-13-20-34(39)44(5,6)35-21-15-22-37(45)42(35)47/h8-9,11-27H,7,10,45-46H2,1-6H3. The third-order valence-corrected chi connectivity index (χ3v) is 10.1. The Morgan fingerprint density at radius 1 is 0.745 bits per heavy atom. The van der Waals surface area contributed by atoms with E-state index in [0.29, 0.717) is 0 Å². The summed E-state index contributed by atoms with van der Waals surface area (Å²) in [5, 5.41) is 0. The van der Waals surface area contributed by atoms with E-state index in [1.165, 1.54) is 67.0 Å². The molecule has 1 aliphatic heterocycles. The molecule has 0 amide bonds. The number of para-hydroxylation sites is 2. The molecule has 234 valence electrons. The second-order valence-electron chi connectivity index (χ2n) is 14.9. The van der Waals surface area contributed by atoms with Gasteiger partial charge in [0.1, 0.15) is 7.85 Å². The van der Waals surface area contributed by atoms with Crippen molar-refractivity contribution in [3.05, 3.63) is 143 Å². The number of aryl methyl sites for hydroxylation is 1. The Morgan fingerprint density at radius 3 is 2.19 bits per heavy atom. The zero-order chi connectivity index (χ0) is 33.1. The van der Waals surface area contributed by atoms with Gasteiger partial charge in [-0.2, -0.15) is 0 Å². The number of allylic oxidation sites excluding steroid dienone is 4. The van der Waals surface area contributed by atoms with Crippen LogP contribution in [0.1, 0.15) is 75.3 Å². The van der Waals surface area contributed by atoms with Crippen molar-refractivity contribution in [2.45, 2.75) is 65.2 Å². The summed E-state index contributed by atoms with van der Waals surface area (Å²) in [5.41, 5.74) is 25.0. The van der Waals surface area contributed by atoms with Crippen molar-refractivity contribution >= 4 is 41.6 Å². The quantitative estimate of drug-likeness (QED) is 0.162. The molecular formula is C44H45BN2. The lowest BCUT2D eigenvalue weighted by atomic mass is 9.71. The van der Waals surface area contributed by atoms with Gasteiger partial charge in [-0.05, 0) is 94.0 Å². The highest BCUT2D eigenvalue weighted by atomic mass is 15.2. The summed E-state index contributed by atoms with van der Waals surface area (Å²) in [5.74, 6) is 0. The molecule has 0 unspecified atom stereocenters. The summed E-state index contributed by atoms with van der Waals surface area (Å²) in [7, 11) is 2.25. The summed E-state index contributed by atoms with van der Waals surface area (Å²) in [6, 6.07) is 35.9. The predicted molar refractivity (Wildman–Crippen MR) is 207 cm³/mol. The number of benzene rings is 5. The highest BCUT2D eigenvalue weighted by Crippen LogP contribution is 2.54. The average molecular weight is 613 g/mol. The number of rotatable bonds is 4. The number of nitrogens with zero attached hydrogens (tertiary/aromatic N) is 1. The van der Waals surface area contributed by atoms with E-state index in [1.54, 1.807) is 0 Å². The van der Waals surface area contributed by atoms with Gasteiger partial charge in [0.25, 0.3) is 0 Å². The lowest BCUT2D eigenvalue weighted by molar-refractivity contribution is 0.589. The van der Waals surface area contributed by atoms with Crippen LogP contribution in [0.5, 0.6) is 0 Å². The summed E-state index contributed by atoms with van der Waals surface area (Å²) in [6.07, 6.45) is 9.12. The SMILES string of the molecule is Bc1cccc2c1N(c1cc(C)cc(-c3cc(C4=CCCC=C4)c(C(C)(C)C)cc3N)c1-c1ccccc1)c1ccccc1C2(C)C. The Balaban J connectivity index is 1.59. The molecule has 2 nitrogen and oxygen atoms in total. The van der Waals surface area contributed by atoms with Crippen molar-refractivity contribution in [1.82, 2.24) is 0 Å². The Labute approximate surface area is 282 Å². The Hall–Kier alpha value is -4.76. The molecule has 1 heterocycles. The van der Waals surface area contributed by atoms with E-state index in [-0.39, 0.29) is 10.8 Å². The molecule has 0 saturated carbocycles. The first-order valence-electron chi connectivity index (χ1n) is 17.0. The highest BCUT2D eigenvalue weighted by molar-refractivity contribution is 6.37. The van der Waals surface area contributed by atoms with Gasteiger partial charge < -0.3 is 10.6 Å². The maximum absolute atomic E-state index is 7.14. The van der Waals surface area contributed by atoms with E-state index >= 15 is 0 Å². The molecule has 0 saturated heterocycles. The number of hydrogen-bond donors (Lipinski definition) is 1. The summed E-state index contributed by atoms with van der Waals surface area (Å²) < 4.78 is 0. The molecule has 5 aromatic rings. The summed E-state index contributed by atoms with van der Waals surface area (Å²) in [6.45, 7) is 13.8. The molecule has 0 radical (unpaired) electrons. The van der Waals surface area contributed by atoms with Gasteiger partial charge in [-0.1, -0.05) is 131 Å². The minimum Gasteiger partial charge on any atom is -0.398 e. The third-order valence-electron chi connectivity index (χ3n) is 10.1. The largest absolute Gasteiger partial charge is 0.398 e. The first-order valence-corrected chi connectivity index (χ1v) is 17.0. The fourth-order valence-corrected chi connectivity index (χ4v) is 7.76.